The summed E-state index contributed by atoms with van der Waals surface area (Å²) in [5.41, 5.74) is 0. The van der Waals surface area contributed by atoms with Crippen LogP contribution in [0.15, 0.2) is 6.33 Å². The molecule has 0 saturated carbocycles. The lowest BCUT2D eigenvalue weighted by Gasteiger charge is -2.07. The van der Waals surface area contributed by atoms with E-state index in [1.807, 2.05) is 13.8 Å². The Balaban J connectivity index is 2.67. The summed E-state index contributed by atoms with van der Waals surface area (Å²) in [6.45, 7) is 4.07. The van der Waals surface area contributed by atoms with Gasteiger partial charge < -0.3 is 5.32 Å². The molecule has 0 saturated heterocycles. The number of nitrogens with one attached hydrogen (secondary N) is 1. The Morgan fingerprint density at radius 1 is 1.46 bits per heavy atom. The van der Waals surface area contributed by atoms with Crippen molar-refractivity contribution < 1.29 is 0 Å². The first kappa shape index (κ1) is 10.2. The SMILES string of the molecule is CC(C)Nc1ncnc(CCCl)n1. The van der Waals surface area contributed by atoms with Crippen LogP contribution in [0.3, 0.4) is 0 Å². The highest BCUT2D eigenvalue weighted by Crippen LogP contribution is 2.00. The zero-order valence-electron chi connectivity index (χ0n) is 7.79. The van der Waals surface area contributed by atoms with Gasteiger partial charge in [-0.3, -0.25) is 0 Å². The van der Waals surface area contributed by atoms with Gasteiger partial charge in [0.15, 0.2) is 0 Å². The predicted octanol–water partition coefficient (Wildman–Crippen LogP) is 1.47. The number of rotatable bonds is 4. The van der Waals surface area contributed by atoms with Gasteiger partial charge in [0.1, 0.15) is 12.2 Å². The molecule has 1 aromatic rings. The lowest BCUT2D eigenvalue weighted by Crippen LogP contribution is -2.13. The van der Waals surface area contributed by atoms with E-state index in [1.165, 1.54) is 6.33 Å². The minimum absolute atomic E-state index is 0.325. The molecule has 5 heteroatoms. The molecule has 0 aliphatic carbocycles. The fraction of sp³-hybridized carbons (Fsp3) is 0.625. The van der Waals surface area contributed by atoms with E-state index in [1.54, 1.807) is 0 Å². The van der Waals surface area contributed by atoms with Crippen molar-refractivity contribution in [3.8, 4) is 0 Å². The van der Waals surface area contributed by atoms with E-state index in [0.717, 1.165) is 5.82 Å². The smallest absolute Gasteiger partial charge is 0.226 e. The van der Waals surface area contributed by atoms with Gasteiger partial charge in [-0.15, -0.1) is 11.6 Å². The first-order chi connectivity index (χ1) is 6.22. The Kier molecular flexibility index (Phi) is 3.89. The Hall–Kier alpha value is -0.900. The number of aromatic nitrogens is 3. The fourth-order valence-electron chi connectivity index (χ4n) is 0.863. The number of hydrogen-bond donors (Lipinski definition) is 1. The summed E-state index contributed by atoms with van der Waals surface area (Å²) >= 11 is 5.57. The summed E-state index contributed by atoms with van der Waals surface area (Å²) in [5, 5.41) is 3.10. The van der Waals surface area contributed by atoms with Gasteiger partial charge in [0.2, 0.25) is 5.95 Å². The summed E-state index contributed by atoms with van der Waals surface area (Å²) in [5.74, 6) is 1.88. The number of hydrogen-bond acceptors (Lipinski definition) is 4. The molecule has 0 aromatic carbocycles. The van der Waals surface area contributed by atoms with Crippen molar-refractivity contribution in [2.24, 2.45) is 0 Å². The molecular formula is C8H13ClN4. The second-order valence-electron chi connectivity index (χ2n) is 2.96. The molecule has 0 aliphatic heterocycles. The average molecular weight is 201 g/mol. The van der Waals surface area contributed by atoms with Crippen LogP contribution in [0, 0.1) is 0 Å². The Morgan fingerprint density at radius 3 is 2.85 bits per heavy atom. The molecule has 0 aliphatic rings. The summed E-state index contributed by atoms with van der Waals surface area (Å²) < 4.78 is 0. The zero-order valence-corrected chi connectivity index (χ0v) is 8.54. The van der Waals surface area contributed by atoms with Gasteiger partial charge in [-0.25, -0.2) is 9.97 Å². The number of aryl methyl sites for hydroxylation is 1. The van der Waals surface area contributed by atoms with Crippen molar-refractivity contribution in [3.63, 3.8) is 0 Å². The Labute approximate surface area is 82.8 Å². The fourth-order valence-corrected chi connectivity index (χ4v) is 1.03. The maximum absolute atomic E-state index is 5.57. The van der Waals surface area contributed by atoms with Crippen molar-refractivity contribution in [2.45, 2.75) is 26.3 Å². The quantitative estimate of drug-likeness (QED) is 0.748. The summed E-state index contributed by atoms with van der Waals surface area (Å²) in [6, 6.07) is 0.325. The molecule has 0 fully saturated rings. The molecule has 0 amide bonds. The third kappa shape index (κ3) is 3.55. The van der Waals surface area contributed by atoms with Crippen molar-refractivity contribution in [3.05, 3.63) is 12.2 Å². The third-order valence-corrected chi connectivity index (χ3v) is 1.55. The van der Waals surface area contributed by atoms with Gasteiger partial charge in [-0.05, 0) is 13.8 Å². The van der Waals surface area contributed by atoms with Gasteiger partial charge >= 0.3 is 0 Å². The van der Waals surface area contributed by atoms with Crippen LogP contribution in [-0.2, 0) is 6.42 Å². The lowest BCUT2D eigenvalue weighted by molar-refractivity contribution is 0.840. The number of nitrogens with zero attached hydrogens (tertiary/aromatic N) is 3. The largest absolute Gasteiger partial charge is 0.352 e. The highest BCUT2D eigenvalue weighted by atomic mass is 35.5. The summed E-state index contributed by atoms with van der Waals surface area (Å²) in [7, 11) is 0. The number of halogens is 1. The number of anilines is 1. The third-order valence-electron chi connectivity index (χ3n) is 1.36. The average Bonchev–Trinajstić information content (AvgIpc) is 2.04. The topological polar surface area (TPSA) is 50.7 Å². The van der Waals surface area contributed by atoms with Crippen molar-refractivity contribution in [1.82, 2.24) is 15.0 Å². The van der Waals surface area contributed by atoms with E-state index < -0.39 is 0 Å². The van der Waals surface area contributed by atoms with Gasteiger partial charge in [0.05, 0.1) is 0 Å². The molecule has 1 rings (SSSR count). The Morgan fingerprint density at radius 2 is 2.23 bits per heavy atom. The molecule has 0 spiro atoms. The van der Waals surface area contributed by atoms with E-state index in [4.69, 9.17) is 11.6 Å². The minimum atomic E-state index is 0.325. The number of alkyl halides is 1. The molecule has 4 nitrogen and oxygen atoms in total. The van der Waals surface area contributed by atoms with E-state index in [0.29, 0.717) is 24.3 Å². The normalized spacial score (nSPS) is 10.5. The van der Waals surface area contributed by atoms with Crippen LogP contribution in [0.5, 0.6) is 0 Å². The summed E-state index contributed by atoms with van der Waals surface area (Å²) in [4.78, 5) is 12.2. The molecule has 13 heavy (non-hydrogen) atoms. The van der Waals surface area contributed by atoms with Crippen molar-refractivity contribution in [1.29, 1.82) is 0 Å². The summed E-state index contributed by atoms with van der Waals surface area (Å²) in [6.07, 6.45) is 2.18. The first-order valence-electron chi connectivity index (χ1n) is 4.23. The molecule has 1 N–H and O–H groups in total. The van der Waals surface area contributed by atoms with Crippen LogP contribution in [0.4, 0.5) is 5.95 Å². The Bertz CT molecular complexity index is 264. The van der Waals surface area contributed by atoms with E-state index in [-0.39, 0.29) is 0 Å². The maximum Gasteiger partial charge on any atom is 0.226 e. The minimum Gasteiger partial charge on any atom is -0.352 e. The first-order valence-corrected chi connectivity index (χ1v) is 4.76. The molecule has 0 unspecified atom stereocenters. The van der Waals surface area contributed by atoms with E-state index in [2.05, 4.69) is 20.3 Å². The molecule has 0 atom stereocenters. The van der Waals surface area contributed by atoms with Crippen LogP contribution in [0.2, 0.25) is 0 Å². The molecule has 1 heterocycles. The van der Waals surface area contributed by atoms with E-state index >= 15 is 0 Å². The second-order valence-corrected chi connectivity index (χ2v) is 3.34. The van der Waals surface area contributed by atoms with Gasteiger partial charge in [-0.1, -0.05) is 0 Å². The predicted molar refractivity (Wildman–Crippen MR) is 53.0 cm³/mol. The molecule has 0 bridgehead atoms. The van der Waals surface area contributed by atoms with Gasteiger partial charge in [-0.2, -0.15) is 4.98 Å². The molecule has 72 valence electrons. The molecule has 1 aromatic heterocycles. The van der Waals surface area contributed by atoms with Crippen molar-refractivity contribution in [2.75, 3.05) is 11.2 Å². The van der Waals surface area contributed by atoms with Crippen LogP contribution in [-0.4, -0.2) is 26.9 Å². The van der Waals surface area contributed by atoms with Crippen LogP contribution in [0.25, 0.3) is 0 Å². The van der Waals surface area contributed by atoms with Crippen LogP contribution in [0.1, 0.15) is 19.7 Å². The van der Waals surface area contributed by atoms with Crippen molar-refractivity contribution >= 4 is 17.5 Å². The van der Waals surface area contributed by atoms with Gasteiger partial charge in [0.25, 0.3) is 0 Å². The van der Waals surface area contributed by atoms with Gasteiger partial charge in [0, 0.05) is 18.3 Å². The highest BCUT2D eigenvalue weighted by Gasteiger charge is 2.00. The lowest BCUT2D eigenvalue weighted by atomic mass is 10.4. The van der Waals surface area contributed by atoms with E-state index in [9.17, 15) is 0 Å². The zero-order chi connectivity index (χ0) is 9.68. The molecular weight excluding hydrogens is 188 g/mol. The van der Waals surface area contributed by atoms with Crippen LogP contribution >= 0.6 is 11.6 Å². The monoisotopic (exact) mass is 200 g/mol. The standard InChI is InChI=1S/C8H13ClN4/c1-6(2)12-8-11-5-10-7(13-8)3-4-9/h5-6H,3-4H2,1-2H3,(H,10,11,12,13). The second kappa shape index (κ2) is 4.97. The maximum atomic E-state index is 5.57. The molecule has 0 radical (unpaired) electrons. The van der Waals surface area contributed by atoms with Crippen LogP contribution < -0.4 is 5.32 Å². The highest BCUT2D eigenvalue weighted by molar-refractivity contribution is 6.17.